The van der Waals surface area contributed by atoms with Crippen molar-refractivity contribution in [3.8, 4) is 16.9 Å². The number of hydrogen-bond acceptors (Lipinski definition) is 4. The highest BCUT2D eigenvalue weighted by Crippen LogP contribution is 2.34. The molecule has 0 saturated heterocycles. The fourth-order valence-corrected chi connectivity index (χ4v) is 3.40. The Kier molecular flexibility index (Phi) is 6.08. The number of aromatic nitrogens is 3. The summed E-state index contributed by atoms with van der Waals surface area (Å²) in [4.78, 5) is 27.7. The van der Waals surface area contributed by atoms with E-state index in [4.69, 9.17) is 11.6 Å². The van der Waals surface area contributed by atoms with Gasteiger partial charge in [-0.3, -0.25) is 4.79 Å². The van der Waals surface area contributed by atoms with Gasteiger partial charge < -0.3 is 10.4 Å². The van der Waals surface area contributed by atoms with E-state index in [9.17, 15) is 27.9 Å². The number of halogens is 4. The molecule has 2 heterocycles. The normalized spacial score (nSPS) is 11.3. The average molecular weight is 487 g/mol. The van der Waals surface area contributed by atoms with Gasteiger partial charge in [0.1, 0.15) is 11.4 Å². The van der Waals surface area contributed by atoms with Gasteiger partial charge in [0.05, 0.1) is 16.4 Å². The molecule has 7 nitrogen and oxygen atoms in total. The number of para-hydroxylation sites is 1. The van der Waals surface area contributed by atoms with Crippen LogP contribution in [0.25, 0.3) is 16.9 Å². The Bertz CT molecular complexity index is 1380. The molecule has 0 bridgehead atoms. The highest BCUT2D eigenvalue weighted by molar-refractivity contribution is 6.32. The lowest BCUT2D eigenvalue weighted by atomic mass is 10.1. The van der Waals surface area contributed by atoms with E-state index in [0.29, 0.717) is 5.56 Å². The van der Waals surface area contributed by atoms with Gasteiger partial charge in [-0.1, -0.05) is 35.9 Å². The summed E-state index contributed by atoms with van der Waals surface area (Å²) in [7, 11) is 0. The SMILES string of the molecule is O=C(Nc1ncccc1C(=O)O)c1ccc(-c2cc(C(F)(F)F)nn2-c2ccccc2Cl)cc1. The molecule has 0 fully saturated rings. The fourth-order valence-electron chi connectivity index (χ4n) is 3.18. The highest BCUT2D eigenvalue weighted by atomic mass is 35.5. The molecule has 4 aromatic rings. The van der Waals surface area contributed by atoms with Gasteiger partial charge in [0, 0.05) is 17.3 Å². The van der Waals surface area contributed by atoms with Gasteiger partial charge in [-0.25, -0.2) is 14.5 Å². The number of benzene rings is 2. The van der Waals surface area contributed by atoms with Crippen LogP contribution < -0.4 is 5.32 Å². The van der Waals surface area contributed by atoms with Gasteiger partial charge in [-0.15, -0.1) is 0 Å². The first-order valence-corrected chi connectivity index (χ1v) is 10.0. The molecule has 172 valence electrons. The van der Waals surface area contributed by atoms with E-state index in [1.807, 2.05) is 0 Å². The molecule has 0 aliphatic rings. The van der Waals surface area contributed by atoms with Gasteiger partial charge in [0.15, 0.2) is 5.69 Å². The maximum atomic E-state index is 13.4. The van der Waals surface area contributed by atoms with E-state index in [1.54, 1.807) is 12.1 Å². The summed E-state index contributed by atoms with van der Waals surface area (Å²) in [5, 5.41) is 15.5. The van der Waals surface area contributed by atoms with Crippen LogP contribution in [0.15, 0.2) is 72.9 Å². The molecule has 11 heteroatoms. The predicted octanol–water partition coefficient (Wildman–Crippen LogP) is 5.56. The van der Waals surface area contributed by atoms with Crippen LogP contribution in [-0.4, -0.2) is 31.7 Å². The Morgan fingerprint density at radius 2 is 1.71 bits per heavy atom. The average Bonchev–Trinajstić information content (AvgIpc) is 3.25. The summed E-state index contributed by atoms with van der Waals surface area (Å²) in [5.41, 5.74) is -0.413. The fraction of sp³-hybridized carbons (Fsp3) is 0.0435. The van der Waals surface area contributed by atoms with Gasteiger partial charge in [0.2, 0.25) is 0 Å². The number of carbonyl (C=O) groups excluding carboxylic acids is 1. The van der Waals surface area contributed by atoms with Crippen LogP contribution in [0.4, 0.5) is 19.0 Å². The number of carboxylic acid groups (broad SMARTS) is 1. The molecule has 0 spiro atoms. The number of nitrogens with one attached hydrogen (secondary N) is 1. The molecule has 0 radical (unpaired) electrons. The maximum Gasteiger partial charge on any atom is 0.435 e. The number of nitrogens with zero attached hydrogens (tertiary/aromatic N) is 3. The molecule has 2 aromatic carbocycles. The largest absolute Gasteiger partial charge is 0.478 e. The monoisotopic (exact) mass is 486 g/mol. The topological polar surface area (TPSA) is 97.1 Å². The number of aromatic carboxylic acids is 1. The summed E-state index contributed by atoms with van der Waals surface area (Å²) in [6.45, 7) is 0. The van der Waals surface area contributed by atoms with Crippen LogP contribution in [0.1, 0.15) is 26.4 Å². The molecule has 2 N–H and O–H groups in total. The zero-order valence-electron chi connectivity index (χ0n) is 17.0. The minimum atomic E-state index is -4.67. The van der Waals surface area contributed by atoms with Crippen molar-refractivity contribution in [2.45, 2.75) is 6.18 Å². The Labute approximate surface area is 195 Å². The number of pyridine rings is 1. The molecule has 0 unspecified atom stereocenters. The van der Waals surface area contributed by atoms with Gasteiger partial charge in [0.25, 0.3) is 5.91 Å². The van der Waals surface area contributed by atoms with Crippen LogP contribution in [0.3, 0.4) is 0 Å². The van der Waals surface area contributed by atoms with Crippen molar-refractivity contribution in [2.75, 3.05) is 5.32 Å². The standard InChI is InChI=1S/C23H14ClF3N4O3/c24-16-5-1-2-6-17(16)31-18(12-19(30-31)23(25,26)27)13-7-9-14(10-8-13)21(32)29-20-15(22(33)34)4-3-11-28-20/h1-12H,(H,33,34)(H,28,29,32). The molecule has 0 atom stereocenters. The molecule has 2 aromatic heterocycles. The number of carboxylic acids is 1. The van der Waals surface area contributed by atoms with Crippen molar-refractivity contribution in [3.05, 3.63) is 94.8 Å². The van der Waals surface area contributed by atoms with E-state index < -0.39 is 23.7 Å². The van der Waals surface area contributed by atoms with Gasteiger partial charge in [-0.2, -0.15) is 18.3 Å². The first-order valence-electron chi connectivity index (χ1n) is 9.67. The summed E-state index contributed by atoms with van der Waals surface area (Å²) in [6, 6.07) is 15.6. The third-order valence-corrected chi connectivity index (χ3v) is 5.11. The predicted molar refractivity (Wildman–Crippen MR) is 118 cm³/mol. The minimum absolute atomic E-state index is 0.116. The zero-order chi connectivity index (χ0) is 24.5. The van der Waals surface area contributed by atoms with Crippen molar-refractivity contribution >= 4 is 29.3 Å². The van der Waals surface area contributed by atoms with E-state index >= 15 is 0 Å². The second kappa shape index (κ2) is 8.99. The maximum absolute atomic E-state index is 13.4. The summed E-state index contributed by atoms with van der Waals surface area (Å²) in [5.74, 6) is -2.02. The molecule has 4 rings (SSSR count). The van der Waals surface area contributed by atoms with Gasteiger partial charge >= 0.3 is 12.1 Å². The highest BCUT2D eigenvalue weighted by Gasteiger charge is 2.35. The van der Waals surface area contributed by atoms with Crippen molar-refractivity contribution < 1.29 is 27.9 Å². The number of amides is 1. The number of anilines is 1. The van der Waals surface area contributed by atoms with Crippen LogP contribution in [0.5, 0.6) is 0 Å². The van der Waals surface area contributed by atoms with Crippen molar-refractivity contribution in [1.29, 1.82) is 0 Å². The van der Waals surface area contributed by atoms with E-state index in [0.717, 1.165) is 10.7 Å². The Morgan fingerprint density at radius 3 is 2.35 bits per heavy atom. The summed E-state index contributed by atoms with van der Waals surface area (Å²) in [6.07, 6.45) is -3.34. The lowest BCUT2D eigenvalue weighted by Crippen LogP contribution is -2.16. The Morgan fingerprint density at radius 1 is 1.00 bits per heavy atom. The van der Waals surface area contributed by atoms with E-state index in [-0.39, 0.29) is 33.3 Å². The molecule has 0 aliphatic heterocycles. The molecule has 0 aliphatic carbocycles. The zero-order valence-corrected chi connectivity index (χ0v) is 17.8. The molecular formula is C23H14ClF3N4O3. The lowest BCUT2D eigenvalue weighted by Gasteiger charge is -2.10. The Balaban J connectivity index is 1.68. The van der Waals surface area contributed by atoms with Crippen LogP contribution in [-0.2, 0) is 6.18 Å². The van der Waals surface area contributed by atoms with Crippen molar-refractivity contribution in [3.63, 3.8) is 0 Å². The number of rotatable bonds is 5. The first-order chi connectivity index (χ1) is 16.1. The van der Waals surface area contributed by atoms with E-state index in [2.05, 4.69) is 15.4 Å². The minimum Gasteiger partial charge on any atom is -0.478 e. The molecular weight excluding hydrogens is 473 g/mol. The number of alkyl halides is 3. The first kappa shape index (κ1) is 23.0. The third-order valence-electron chi connectivity index (χ3n) is 4.79. The van der Waals surface area contributed by atoms with Crippen molar-refractivity contribution in [1.82, 2.24) is 14.8 Å². The third kappa shape index (κ3) is 4.62. The molecule has 1 amide bonds. The van der Waals surface area contributed by atoms with Gasteiger partial charge in [-0.05, 0) is 42.5 Å². The summed E-state index contributed by atoms with van der Waals surface area (Å²) >= 11 is 6.18. The van der Waals surface area contributed by atoms with Crippen LogP contribution in [0.2, 0.25) is 5.02 Å². The van der Waals surface area contributed by atoms with Crippen LogP contribution >= 0.6 is 11.6 Å². The smallest absolute Gasteiger partial charge is 0.435 e. The molecule has 34 heavy (non-hydrogen) atoms. The number of carbonyl (C=O) groups is 2. The number of hydrogen-bond donors (Lipinski definition) is 2. The van der Waals surface area contributed by atoms with E-state index in [1.165, 1.54) is 54.7 Å². The Hall–Kier alpha value is -4.18. The lowest BCUT2D eigenvalue weighted by molar-refractivity contribution is -0.141. The van der Waals surface area contributed by atoms with Crippen molar-refractivity contribution in [2.24, 2.45) is 0 Å². The summed E-state index contributed by atoms with van der Waals surface area (Å²) < 4.78 is 41.2. The van der Waals surface area contributed by atoms with Crippen LogP contribution in [0, 0.1) is 0 Å². The quantitative estimate of drug-likeness (QED) is 0.385. The second-order valence-corrected chi connectivity index (χ2v) is 7.42. The molecule has 0 saturated carbocycles. The second-order valence-electron chi connectivity index (χ2n) is 7.01.